The van der Waals surface area contributed by atoms with E-state index in [-0.39, 0.29) is 23.9 Å². The van der Waals surface area contributed by atoms with Gasteiger partial charge in [0.25, 0.3) is 0 Å². The maximum atomic E-state index is 12.5. The molecule has 1 saturated heterocycles. The van der Waals surface area contributed by atoms with Gasteiger partial charge in [-0.3, -0.25) is 9.59 Å². The number of nitrogens with zero attached hydrogens (tertiary/aromatic N) is 1. The van der Waals surface area contributed by atoms with E-state index in [1.807, 2.05) is 23.1 Å². The third-order valence-corrected chi connectivity index (χ3v) is 6.87. The predicted molar refractivity (Wildman–Crippen MR) is 126 cm³/mol. The van der Waals surface area contributed by atoms with Crippen molar-refractivity contribution in [3.8, 4) is 5.75 Å². The van der Waals surface area contributed by atoms with Gasteiger partial charge in [-0.2, -0.15) is 0 Å². The van der Waals surface area contributed by atoms with Crippen molar-refractivity contribution in [1.29, 1.82) is 0 Å². The van der Waals surface area contributed by atoms with Crippen molar-refractivity contribution < 1.29 is 19.1 Å². The summed E-state index contributed by atoms with van der Waals surface area (Å²) < 4.78 is 5.80. The number of nitrogens with one attached hydrogen (secondary N) is 3. The number of amides is 4. The second kappa shape index (κ2) is 11.4. The van der Waals surface area contributed by atoms with Crippen molar-refractivity contribution in [2.24, 2.45) is 0 Å². The molecule has 0 aromatic heterocycles. The van der Waals surface area contributed by atoms with Crippen molar-refractivity contribution in [2.45, 2.75) is 82.7 Å². The van der Waals surface area contributed by atoms with E-state index in [4.69, 9.17) is 4.74 Å². The summed E-state index contributed by atoms with van der Waals surface area (Å²) in [6, 6.07) is 6.20. The molecule has 180 valence electrons. The SMILES string of the molecule is O=C1CCc2cc(OCCCC(=O)NC3CCN(C(=O)NC4CCCCC4)CC3)ccc2N1. The summed E-state index contributed by atoms with van der Waals surface area (Å²) in [5.74, 6) is 0.858. The summed E-state index contributed by atoms with van der Waals surface area (Å²) in [4.78, 5) is 38.1. The fourth-order valence-electron chi connectivity index (χ4n) is 4.91. The molecule has 8 heteroatoms. The van der Waals surface area contributed by atoms with Gasteiger partial charge in [-0.15, -0.1) is 0 Å². The Morgan fingerprint density at radius 1 is 1.00 bits per heavy atom. The molecular weight excluding hydrogens is 420 g/mol. The molecule has 1 aromatic rings. The Balaban J connectivity index is 1.09. The van der Waals surface area contributed by atoms with Gasteiger partial charge >= 0.3 is 6.03 Å². The zero-order valence-electron chi connectivity index (χ0n) is 19.4. The summed E-state index contributed by atoms with van der Waals surface area (Å²) in [7, 11) is 0. The first-order valence-corrected chi connectivity index (χ1v) is 12.5. The number of fused-ring (bicyclic) bond motifs is 1. The van der Waals surface area contributed by atoms with Crippen LogP contribution in [0.5, 0.6) is 5.75 Å². The van der Waals surface area contributed by atoms with Crippen molar-refractivity contribution in [2.75, 3.05) is 25.0 Å². The summed E-state index contributed by atoms with van der Waals surface area (Å²) >= 11 is 0. The average molecular weight is 457 g/mol. The van der Waals surface area contributed by atoms with Crippen LogP contribution in [0.25, 0.3) is 0 Å². The van der Waals surface area contributed by atoms with Gasteiger partial charge in [0.1, 0.15) is 5.75 Å². The highest BCUT2D eigenvalue weighted by Crippen LogP contribution is 2.27. The molecule has 0 atom stereocenters. The van der Waals surface area contributed by atoms with Crippen LogP contribution in [0.3, 0.4) is 0 Å². The van der Waals surface area contributed by atoms with Gasteiger partial charge in [-0.1, -0.05) is 19.3 Å². The highest BCUT2D eigenvalue weighted by atomic mass is 16.5. The van der Waals surface area contributed by atoms with E-state index in [1.165, 1.54) is 19.3 Å². The van der Waals surface area contributed by atoms with Gasteiger partial charge < -0.3 is 25.6 Å². The van der Waals surface area contributed by atoms with E-state index in [9.17, 15) is 14.4 Å². The Morgan fingerprint density at radius 2 is 1.76 bits per heavy atom. The first kappa shape index (κ1) is 23.4. The lowest BCUT2D eigenvalue weighted by molar-refractivity contribution is -0.122. The van der Waals surface area contributed by atoms with Crippen molar-refractivity contribution in [3.63, 3.8) is 0 Å². The molecule has 4 amide bonds. The minimum Gasteiger partial charge on any atom is -0.494 e. The predicted octanol–water partition coefficient (Wildman–Crippen LogP) is 3.35. The second-order valence-corrected chi connectivity index (χ2v) is 9.43. The average Bonchev–Trinajstić information content (AvgIpc) is 2.83. The van der Waals surface area contributed by atoms with Gasteiger partial charge in [-0.05, 0) is 62.3 Å². The molecule has 1 saturated carbocycles. The highest BCUT2D eigenvalue weighted by molar-refractivity contribution is 5.94. The van der Waals surface area contributed by atoms with E-state index in [0.717, 1.165) is 49.1 Å². The van der Waals surface area contributed by atoms with E-state index >= 15 is 0 Å². The van der Waals surface area contributed by atoms with Crippen LogP contribution in [-0.4, -0.2) is 54.5 Å². The molecular formula is C25H36N4O4. The number of anilines is 1. The third-order valence-electron chi connectivity index (χ3n) is 6.87. The second-order valence-electron chi connectivity index (χ2n) is 9.43. The Kier molecular flexibility index (Phi) is 8.07. The summed E-state index contributed by atoms with van der Waals surface area (Å²) in [5, 5.41) is 9.15. The van der Waals surface area contributed by atoms with Crippen LogP contribution in [0.4, 0.5) is 10.5 Å². The fraction of sp³-hybridized carbons (Fsp3) is 0.640. The van der Waals surface area contributed by atoms with Crippen molar-refractivity contribution in [1.82, 2.24) is 15.5 Å². The molecule has 0 spiro atoms. The fourth-order valence-corrected chi connectivity index (χ4v) is 4.91. The molecule has 2 heterocycles. The third kappa shape index (κ3) is 6.85. The molecule has 3 N–H and O–H groups in total. The van der Waals surface area contributed by atoms with Crippen LogP contribution in [0.2, 0.25) is 0 Å². The monoisotopic (exact) mass is 456 g/mol. The van der Waals surface area contributed by atoms with Crippen LogP contribution in [-0.2, 0) is 16.0 Å². The Bertz CT molecular complexity index is 845. The number of ether oxygens (including phenoxy) is 1. The quantitative estimate of drug-likeness (QED) is 0.548. The topological polar surface area (TPSA) is 99.8 Å². The first-order chi connectivity index (χ1) is 16.1. The molecule has 3 aliphatic rings. The van der Waals surface area contributed by atoms with Gasteiger partial charge in [-0.25, -0.2) is 4.79 Å². The Labute approximate surface area is 195 Å². The summed E-state index contributed by atoms with van der Waals surface area (Å²) in [6.07, 6.45) is 9.75. The number of hydrogen-bond acceptors (Lipinski definition) is 4. The number of carbonyl (C=O) groups is 3. The summed E-state index contributed by atoms with van der Waals surface area (Å²) in [5.41, 5.74) is 1.94. The van der Waals surface area contributed by atoms with E-state index in [0.29, 0.717) is 45.0 Å². The van der Waals surface area contributed by atoms with Crippen LogP contribution in [0, 0.1) is 0 Å². The zero-order valence-corrected chi connectivity index (χ0v) is 19.4. The molecule has 0 bridgehead atoms. The number of likely N-dealkylation sites (tertiary alicyclic amines) is 1. The minimum atomic E-state index is 0.0388. The number of hydrogen-bond donors (Lipinski definition) is 3. The Morgan fingerprint density at radius 3 is 2.55 bits per heavy atom. The highest BCUT2D eigenvalue weighted by Gasteiger charge is 2.25. The van der Waals surface area contributed by atoms with E-state index < -0.39 is 0 Å². The lowest BCUT2D eigenvalue weighted by Gasteiger charge is -2.34. The molecule has 33 heavy (non-hydrogen) atoms. The van der Waals surface area contributed by atoms with Crippen molar-refractivity contribution >= 4 is 23.5 Å². The van der Waals surface area contributed by atoms with Crippen LogP contribution in [0.15, 0.2) is 18.2 Å². The van der Waals surface area contributed by atoms with Crippen LogP contribution < -0.4 is 20.7 Å². The van der Waals surface area contributed by atoms with E-state index in [2.05, 4.69) is 16.0 Å². The lowest BCUT2D eigenvalue weighted by Crippen LogP contribution is -2.51. The zero-order chi connectivity index (χ0) is 23.0. The maximum absolute atomic E-state index is 12.5. The number of piperidine rings is 1. The largest absolute Gasteiger partial charge is 0.494 e. The Hall–Kier alpha value is -2.77. The minimum absolute atomic E-state index is 0.0388. The van der Waals surface area contributed by atoms with Gasteiger partial charge in [0, 0.05) is 43.7 Å². The number of aryl methyl sites for hydroxylation is 1. The van der Waals surface area contributed by atoms with Crippen LogP contribution in [0.1, 0.15) is 69.8 Å². The number of carbonyl (C=O) groups excluding carboxylic acids is 3. The smallest absolute Gasteiger partial charge is 0.317 e. The molecule has 1 aromatic carbocycles. The van der Waals surface area contributed by atoms with Gasteiger partial charge in [0.15, 0.2) is 0 Å². The number of urea groups is 1. The van der Waals surface area contributed by atoms with Gasteiger partial charge in [0.05, 0.1) is 6.61 Å². The van der Waals surface area contributed by atoms with Crippen LogP contribution >= 0.6 is 0 Å². The molecule has 4 rings (SSSR count). The normalized spacial score (nSPS) is 19.4. The molecule has 0 unspecified atom stereocenters. The molecule has 0 radical (unpaired) electrons. The first-order valence-electron chi connectivity index (χ1n) is 12.5. The summed E-state index contributed by atoms with van der Waals surface area (Å²) in [6.45, 7) is 1.84. The van der Waals surface area contributed by atoms with E-state index in [1.54, 1.807) is 0 Å². The number of benzene rings is 1. The standard InChI is InChI=1S/C25H36N4O4/c30-23(7-4-16-33-21-9-10-22-18(17-21)8-11-24(31)28-22)26-20-12-14-29(15-13-20)25(32)27-19-5-2-1-3-6-19/h9-10,17,19-20H,1-8,11-16H2,(H,26,30)(H,27,32)(H,28,31). The van der Waals surface area contributed by atoms with Crippen molar-refractivity contribution in [3.05, 3.63) is 23.8 Å². The lowest BCUT2D eigenvalue weighted by atomic mass is 9.95. The molecule has 2 aliphatic heterocycles. The number of rotatable bonds is 7. The maximum Gasteiger partial charge on any atom is 0.317 e. The van der Waals surface area contributed by atoms with Gasteiger partial charge in [0.2, 0.25) is 11.8 Å². The molecule has 2 fully saturated rings. The molecule has 8 nitrogen and oxygen atoms in total. The molecule has 1 aliphatic carbocycles.